The molecule has 2 rings (SSSR count). The van der Waals surface area contributed by atoms with Gasteiger partial charge in [0.25, 0.3) is 0 Å². The van der Waals surface area contributed by atoms with Crippen LogP contribution in [0.25, 0.3) is 0 Å². The second-order valence-corrected chi connectivity index (χ2v) is 4.81. The molecule has 0 amide bonds. The Labute approximate surface area is 122 Å². The van der Waals surface area contributed by atoms with E-state index in [1.165, 1.54) is 7.11 Å². The van der Waals surface area contributed by atoms with Crippen molar-refractivity contribution in [2.75, 3.05) is 7.11 Å². The predicted molar refractivity (Wildman–Crippen MR) is 75.1 cm³/mol. The first-order valence-electron chi connectivity index (χ1n) is 6.50. The van der Waals surface area contributed by atoms with Gasteiger partial charge in [0.2, 0.25) is 0 Å². The zero-order valence-corrected chi connectivity index (χ0v) is 12.2. The lowest BCUT2D eigenvalue weighted by atomic mass is 10.1. The van der Waals surface area contributed by atoms with E-state index in [2.05, 4.69) is 5.10 Å². The smallest absolute Gasteiger partial charge is 0.307 e. The van der Waals surface area contributed by atoms with Crippen LogP contribution >= 0.6 is 0 Å². The molecule has 1 N–H and O–H groups in total. The molecule has 6 heteroatoms. The third kappa shape index (κ3) is 3.04. The summed E-state index contributed by atoms with van der Waals surface area (Å²) in [6, 6.07) is 4.92. The van der Waals surface area contributed by atoms with Crippen LogP contribution in [0.15, 0.2) is 18.2 Å². The number of rotatable bonds is 5. The molecule has 0 saturated heterocycles. The Morgan fingerprint density at radius 3 is 2.76 bits per heavy atom. The maximum atomic E-state index is 14.1. The normalized spacial score (nSPS) is 10.7. The van der Waals surface area contributed by atoms with E-state index in [1.807, 2.05) is 0 Å². The average Bonchev–Trinajstić information content (AvgIpc) is 2.68. The lowest BCUT2D eigenvalue weighted by Crippen LogP contribution is -2.07. The van der Waals surface area contributed by atoms with Crippen molar-refractivity contribution >= 4 is 5.97 Å². The van der Waals surface area contributed by atoms with E-state index in [-0.39, 0.29) is 18.7 Å². The second-order valence-electron chi connectivity index (χ2n) is 4.81. The molecule has 0 atom stereocenters. The van der Waals surface area contributed by atoms with Crippen molar-refractivity contribution in [2.45, 2.75) is 26.8 Å². The molecule has 112 valence electrons. The summed E-state index contributed by atoms with van der Waals surface area (Å²) in [4.78, 5) is 10.9. The summed E-state index contributed by atoms with van der Waals surface area (Å²) in [5.41, 5.74) is 2.50. The zero-order chi connectivity index (χ0) is 15.6. The van der Waals surface area contributed by atoms with Crippen molar-refractivity contribution in [1.29, 1.82) is 0 Å². The van der Waals surface area contributed by atoms with E-state index in [1.54, 1.807) is 36.7 Å². The molecule has 0 aliphatic heterocycles. The summed E-state index contributed by atoms with van der Waals surface area (Å²) in [5, 5.41) is 13.2. The molecule has 2 aromatic rings. The molecule has 1 aromatic heterocycles. The standard InChI is InChI=1S/C15H17FN2O3/c1-9-12(7-14(19)20)10(2)18(17-9)8-11-5-4-6-13(21-3)15(11)16/h4-6H,7-8H2,1-3H3,(H,19,20). The highest BCUT2D eigenvalue weighted by Gasteiger charge is 2.16. The number of carboxylic acids is 1. The number of carboxylic acid groups (broad SMARTS) is 1. The van der Waals surface area contributed by atoms with Crippen LogP contribution in [-0.2, 0) is 17.8 Å². The SMILES string of the molecule is COc1cccc(Cn2nc(C)c(CC(=O)O)c2C)c1F. The molecular weight excluding hydrogens is 275 g/mol. The van der Waals surface area contributed by atoms with E-state index in [9.17, 15) is 9.18 Å². The van der Waals surface area contributed by atoms with Gasteiger partial charge in [0.05, 0.1) is 25.8 Å². The number of hydrogen-bond donors (Lipinski definition) is 1. The zero-order valence-electron chi connectivity index (χ0n) is 12.2. The largest absolute Gasteiger partial charge is 0.494 e. The van der Waals surface area contributed by atoms with Crippen LogP contribution in [0.4, 0.5) is 4.39 Å². The van der Waals surface area contributed by atoms with Crippen molar-refractivity contribution in [3.05, 3.63) is 46.5 Å². The average molecular weight is 292 g/mol. The van der Waals surface area contributed by atoms with Gasteiger partial charge in [-0.1, -0.05) is 12.1 Å². The van der Waals surface area contributed by atoms with Crippen molar-refractivity contribution in [2.24, 2.45) is 0 Å². The number of halogens is 1. The minimum atomic E-state index is -0.909. The Balaban J connectivity index is 2.35. The Kier molecular flexibility index (Phi) is 4.26. The number of hydrogen-bond acceptors (Lipinski definition) is 3. The van der Waals surface area contributed by atoms with E-state index in [4.69, 9.17) is 9.84 Å². The molecule has 0 spiro atoms. The van der Waals surface area contributed by atoms with E-state index in [0.29, 0.717) is 16.8 Å². The Morgan fingerprint density at radius 2 is 2.14 bits per heavy atom. The summed E-state index contributed by atoms with van der Waals surface area (Å²) in [6.45, 7) is 3.77. The van der Waals surface area contributed by atoms with Gasteiger partial charge in [0.1, 0.15) is 0 Å². The van der Waals surface area contributed by atoms with E-state index in [0.717, 1.165) is 5.69 Å². The number of carbonyl (C=O) groups is 1. The fraction of sp³-hybridized carbons (Fsp3) is 0.333. The predicted octanol–water partition coefficient (Wildman–Crippen LogP) is 2.32. The fourth-order valence-corrected chi connectivity index (χ4v) is 2.29. The van der Waals surface area contributed by atoms with E-state index < -0.39 is 11.8 Å². The molecule has 0 unspecified atom stereocenters. The molecule has 0 saturated carbocycles. The monoisotopic (exact) mass is 292 g/mol. The van der Waals surface area contributed by atoms with Gasteiger partial charge < -0.3 is 9.84 Å². The van der Waals surface area contributed by atoms with Gasteiger partial charge in [-0.3, -0.25) is 9.48 Å². The number of aliphatic carboxylic acids is 1. The first-order valence-corrected chi connectivity index (χ1v) is 6.50. The molecule has 0 aliphatic rings. The van der Waals surface area contributed by atoms with Crippen molar-refractivity contribution < 1.29 is 19.0 Å². The molecule has 0 aliphatic carbocycles. The summed E-state index contributed by atoms with van der Waals surface area (Å²) in [5.74, 6) is -1.15. The lowest BCUT2D eigenvalue weighted by molar-refractivity contribution is -0.136. The molecule has 0 fully saturated rings. The van der Waals surface area contributed by atoms with Crippen LogP contribution in [0, 0.1) is 19.7 Å². The molecule has 0 radical (unpaired) electrons. The quantitative estimate of drug-likeness (QED) is 0.918. The molecule has 1 heterocycles. The van der Waals surface area contributed by atoms with Crippen LogP contribution in [-0.4, -0.2) is 28.0 Å². The number of aryl methyl sites for hydroxylation is 1. The first-order chi connectivity index (χ1) is 9.93. The van der Waals surface area contributed by atoms with Crippen LogP contribution in [0.5, 0.6) is 5.75 Å². The summed E-state index contributed by atoms with van der Waals surface area (Å²) >= 11 is 0. The molecule has 0 bridgehead atoms. The van der Waals surface area contributed by atoms with Crippen LogP contribution in [0.2, 0.25) is 0 Å². The minimum absolute atomic E-state index is 0.0851. The van der Waals surface area contributed by atoms with Gasteiger partial charge in [-0.2, -0.15) is 5.10 Å². The first kappa shape index (κ1) is 15.0. The van der Waals surface area contributed by atoms with Crippen molar-refractivity contribution in [1.82, 2.24) is 9.78 Å². The number of methoxy groups -OCH3 is 1. The van der Waals surface area contributed by atoms with Gasteiger partial charge in [0, 0.05) is 16.8 Å². The third-order valence-corrected chi connectivity index (χ3v) is 3.44. The summed E-state index contributed by atoms with van der Waals surface area (Å²) < 4.78 is 20.7. The fourth-order valence-electron chi connectivity index (χ4n) is 2.29. The van der Waals surface area contributed by atoms with Gasteiger partial charge in [-0.05, 0) is 19.9 Å². The highest BCUT2D eigenvalue weighted by molar-refractivity contribution is 5.70. The summed E-state index contributed by atoms with van der Waals surface area (Å²) in [7, 11) is 1.41. The molecule has 1 aromatic carbocycles. The third-order valence-electron chi connectivity index (χ3n) is 3.44. The number of ether oxygens (including phenoxy) is 1. The van der Waals surface area contributed by atoms with Crippen LogP contribution in [0.1, 0.15) is 22.5 Å². The Bertz CT molecular complexity index is 680. The highest BCUT2D eigenvalue weighted by atomic mass is 19.1. The molecule has 21 heavy (non-hydrogen) atoms. The number of aromatic nitrogens is 2. The van der Waals surface area contributed by atoms with Gasteiger partial charge >= 0.3 is 5.97 Å². The van der Waals surface area contributed by atoms with Gasteiger partial charge in [0.15, 0.2) is 11.6 Å². The Morgan fingerprint density at radius 1 is 1.43 bits per heavy atom. The topological polar surface area (TPSA) is 64.4 Å². The van der Waals surface area contributed by atoms with Crippen molar-refractivity contribution in [3.8, 4) is 5.75 Å². The summed E-state index contributed by atoms with van der Waals surface area (Å²) in [6.07, 6.45) is -0.0851. The maximum absolute atomic E-state index is 14.1. The molecular formula is C15H17FN2O3. The molecule has 5 nitrogen and oxygen atoms in total. The van der Waals surface area contributed by atoms with Gasteiger partial charge in [-0.25, -0.2) is 4.39 Å². The minimum Gasteiger partial charge on any atom is -0.494 e. The van der Waals surface area contributed by atoms with Crippen LogP contribution < -0.4 is 4.74 Å². The highest BCUT2D eigenvalue weighted by Crippen LogP contribution is 2.22. The van der Waals surface area contributed by atoms with Gasteiger partial charge in [-0.15, -0.1) is 0 Å². The van der Waals surface area contributed by atoms with E-state index >= 15 is 0 Å². The lowest BCUT2D eigenvalue weighted by Gasteiger charge is -2.09. The number of nitrogens with zero attached hydrogens (tertiary/aromatic N) is 2. The van der Waals surface area contributed by atoms with Crippen molar-refractivity contribution in [3.63, 3.8) is 0 Å². The second kappa shape index (κ2) is 5.95. The maximum Gasteiger partial charge on any atom is 0.307 e. The van der Waals surface area contributed by atoms with Crippen LogP contribution in [0.3, 0.4) is 0 Å². The Hall–Kier alpha value is -2.37. The number of benzene rings is 1.